The van der Waals surface area contributed by atoms with Crippen LogP contribution < -0.4 is 5.73 Å². The van der Waals surface area contributed by atoms with E-state index >= 15 is 0 Å². The Morgan fingerprint density at radius 2 is 1.84 bits per heavy atom. The zero-order chi connectivity index (χ0) is 14.2. The monoisotopic (exact) mass is 268 g/mol. The number of nitrogens with zero attached hydrogens (tertiary/aromatic N) is 1. The van der Waals surface area contributed by atoms with Crippen molar-refractivity contribution in [2.45, 2.75) is 52.7 Å². The second kappa shape index (κ2) is 5.41. The molecule has 2 saturated heterocycles. The number of carbonyl (C=O) groups is 1. The summed E-state index contributed by atoms with van der Waals surface area (Å²) in [5.41, 5.74) is 6.04. The molecule has 0 spiro atoms. The summed E-state index contributed by atoms with van der Waals surface area (Å²) in [6, 6.07) is 0. The van der Waals surface area contributed by atoms with Gasteiger partial charge in [0.15, 0.2) is 0 Å². The third-order valence-electron chi connectivity index (χ3n) is 5.30. The number of likely N-dealkylation sites (tertiary alicyclic amines) is 1. The maximum absolute atomic E-state index is 12.7. The van der Waals surface area contributed by atoms with Crippen molar-refractivity contribution in [3.63, 3.8) is 0 Å². The third kappa shape index (κ3) is 2.79. The number of nitrogens with two attached hydrogens (primary N) is 1. The lowest BCUT2D eigenvalue weighted by Crippen LogP contribution is -2.48. The molecule has 2 N–H and O–H groups in total. The van der Waals surface area contributed by atoms with Gasteiger partial charge in [0, 0.05) is 13.1 Å². The highest BCUT2D eigenvalue weighted by Crippen LogP contribution is 2.36. The van der Waals surface area contributed by atoms with E-state index in [2.05, 4.69) is 20.8 Å². The van der Waals surface area contributed by atoms with Crippen LogP contribution in [-0.2, 0) is 9.53 Å². The van der Waals surface area contributed by atoms with Gasteiger partial charge in [0.25, 0.3) is 0 Å². The van der Waals surface area contributed by atoms with Crippen LogP contribution in [0.3, 0.4) is 0 Å². The van der Waals surface area contributed by atoms with Gasteiger partial charge in [-0.05, 0) is 44.6 Å². The van der Waals surface area contributed by atoms with Gasteiger partial charge >= 0.3 is 0 Å². The van der Waals surface area contributed by atoms with Crippen molar-refractivity contribution in [1.82, 2.24) is 4.90 Å². The molecule has 2 rings (SSSR count). The molecule has 0 radical (unpaired) electrons. The first kappa shape index (κ1) is 14.8. The van der Waals surface area contributed by atoms with E-state index in [-0.39, 0.29) is 29.4 Å². The summed E-state index contributed by atoms with van der Waals surface area (Å²) >= 11 is 0. The Morgan fingerprint density at radius 3 is 2.26 bits per heavy atom. The van der Waals surface area contributed by atoms with Crippen LogP contribution in [0.2, 0.25) is 0 Å². The van der Waals surface area contributed by atoms with Crippen molar-refractivity contribution >= 4 is 5.91 Å². The molecule has 0 aliphatic carbocycles. The molecule has 4 unspecified atom stereocenters. The molecule has 0 saturated carbocycles. The predicted octanol–water partition coefficient (Wildman–Crippen LogP) is 1.63. The first-order chi connectivity index (χ1) is 8.88. The molecular formula is C15H28N2O2. The predicted molar refractivity (Wildman–Crippen MR) is 75.6 cm³/mol. The summed E-state index contributed by atoms with van der Waals surface area (Å²) in [6.07, 6.45) is 2.26. The summed E-state index contributed by atoms with van der Waals surface area (Å²) in [5.74, 6) is 0.617. The molecule has 0 aromatic heterocycles. The number of hydrogen-bond acceptors (Lipinski definition) is 3. The highest BCUT2D eigenvalue weighted by molar-refractivity contribution is 5.80. The molecule has 2 aliphatic heterocycles. The second-order valence-electron chi connectivity index (χ2n) is 6.77. The normalized spacial score (nSPS) is 38.5. The van der Waals surface area contributed by atoms with E-state index in [0.717, 1.165) is 25.9 Å². The van der Waals surface area contributed by atoms with Gasteiger partial charge in [0.05, 0.1) is 18.1 Å². The van der Waals surface area contributed by atoms with Crippen molar-refractivity contribution < 1.29 is 9.53 Å². The van der Waals surface area contributed by atoms with Crippen molar-refractivity contribution in [1.29, 1.82) is 0 Å². The Balaban J connectivity index is 1.98. The molecule has 0 bridgehead atoms. The minimum absolute atomic E-state index is 0.0252. The van der Waals surface area contributed by atoms with Crippen molar-refractivity contribution in [2.75, 3.05) is 19.6 Å². The highest BCUT2D eigenvalue weighted by Gasteiger charge is 2.44. The van der Waals surface area contributed by atoms with Crippen LogP contribution in [0, 0.1) is 17.3 Å². The quantitative estimate of drug-likeness (QED) is 0.828. The number of hydrogen-bond donors (Lipinski definition) is 1. The average Bonchev–Trinajstić information content (AvgIpc) is 2.63. The van der Waals surface area contributed by atoms with E-state index in [0.29, 0.717) is 12.5 Å². The van der Waals surface area contributed by atoms with E-state index < -0.39 is 0 Å². The Bertz CT molecular complexity index is 337. The van der Waals surface area contributed by atoms with Crippen LogP contribution in [0.5, 0.6) is 0 Å². The van der Waals surface area contributed by atoms with Gasteiger partial charge in [0.2, 0.25) is 5.91 Å². The standard InChI is InChI=1S/C15H28N2O2/c1-10-11(2)19-12(3)13(10)14(18)17-7-5-15(4,9-16)6-8-17/h10-13H,5-9,16H2,1-4H3. The number of carbonyl (C=O) groups excluding carboxylic acids is 1. The molecule has 2 fully saturated rings. The van der Waals surface area contributed by atoms with Crippen molar-refractivity contribution in [3.05, 3.63) is 0 Å². The topological polar surface area (TPSA) is 55.6 Å². The average molecular weight is 268 g/mol. The molecule has 2 heterocycles. The zero-order valence-electron chi connectivity index (χ0n) is 12.7. The molecular weight excluding hydrogens is 240 g/mol. The van der Waals surface area contributed by atoms with Crippen LogP contribution in [0.25, 0.3) is 0 Å². The SMILES string of the molecule is CC1OC(C)C(C(=O)N2CCC(C)(CN)CC2)C1C. The van der Waals surface area contributed by atoms with Gasteiger partial charge in [-0.1, -0.05) is 13.8 Å². The molecule has 4 heteroatoms. The Labute approximate surface area is 116 Å². The zero-order valence-corrected chi connectivity index (χ0v) is 12.7. The summed E-state index contributed by atoms with van der Waals surface area (Å²) < 4.78 is 5.79. The Morgan fingerprint density at radius 1 is 1.26 bits per heavy atom. The molecule has 110 valence electrons. The highest BCUT2D eigenvalue weighted by atomic mass is 16.5. The number of amides is 1. The summed E-state index contributed by atoms with van der Waals surface area (Å²) in [5, 5.41) is 0. The van der Waals surface area contributed by atoms with Crippen molar-refractivity contribution in [3.8, 4) is 0 Å². The Hall–Kier alpha value is -0.610. The maximum Gasteiger partial charge on any atom is 0.228 e. The minimum Gasteiger partial charge on any atom is -0.374 e. The Kier molecular flexibility index (Phi) is 4.21. The molecule has 4 atom stereocenters. The first-order valence-electron chi connectivity index (χ1n) is 7.52. The molecule has 2 aliphatic rings. The van der Waals surface area contributed by atoms with Gasteiger partial charge < -0.3 is 15.4 Å². The fourth-order valence-electron chi connectivity index (χ4n) is 3.37. The van der Waals surface area contributed by atoms with E-state index in [1.165, 1.54) is 0 Å². The fraction of sp³-hybridized carbons (Fsp3) is 0.933. The largest absolute Gasteiger partial charge is 0.374 e. The van der Waals surface area contributed by atoms with Crippen LogP contribution in [-0.4, -0.2) is 42.6 Å². The van der Waals surface area contributed by atoms with E-state index in [9.17, 15) is 4.79 Å². The van der Waals surface area contributed by atoms with Gasteiger partial charge in [-0.15, -0.1) is 0 Å². The molecule has 0 aromatic rings. The third-order valence-corrected chi connectivity index (χ3v) is 5.30. The van der Waals surface area contributed by atoms with Crippen LogP contribution in [0.4, 0.5) is 0 Å². The lowest BCUT2D eigenvalue weighted by atomic mass is 9.79. The van der Waals surface area contributed by atoms with Gasteiger partial charge in [0.1, 0.15) is 0 Å². The lowest BCUT2D eigenvalue weighted by Gasteiger charge is -2.40. The van der Waals surface area contributed by atoms with Crippen LogP contribution in [0.15, 0.2) is 0 Å². The van der Waals surface area contributed by atoms with E-state index in [4.69, 9.17) is 10.5 Å². The lowest BCUT2D eigenvalue weighted by molar-refractivity contribution is -0.140. The summed E-state index contributed by atoms with van der Waals surface area (Å²) in [4.78, 5) is 14.7. The molecule has 4 nitrogen and oxygen atoms in total. The second-order valence-corrected chi connectivity index (χ2v) is 6.77. The van der Waals surface area contributed by atoms with Crippen LogP contribution >= 0.6 is 0 Å². The van der Waals surface area contributed by atoms with Gasteiger partial charge in [-0.25, -0.2) is 0 Å². The maximum atomic E-state index is 12.7. The number of ether oxygens (including phenoxy) is 1. The molecule has 1 amide bonds. The van der Waals surface area contributed by atoms with E-state index in [1.807, 2.05) is 11.8 Å². The van der Waals surface area contributed by atoms with Gasteiger partial charge in [-0.2, -0.15) is 0 Å². The fourth-order valence-corrected chi connectivity index (χ4v) is 3.37. The smallest absolute Gasteiger partial charge is 0.228 e. The van der Waals surface area contributed by atoms with Crippen molar-refractivity contribution in [2.24, 2.45) is 23.0 Å². The van der Waals surface area contributed by atoms with Gasteiger partial charge in [-0.3, -0.25) is 4.79 Å². The minimum atomic E-state index is 0.0252. The summed E-state index contributed by atoms with van der Waals surface area (Å²) in [7, 11) is 0. The molecule has 0 aromatic carbocycles. The number of rotatable bonds is 2. The first-order valence-corrected chi connectivity index (χ1v) is 7.52. The summed E-state index contributed by atoms with van der Waals surface area (Å²) in [6.45, 7) is 10.8. The molecule has 19 heavy (non-hydrogen) atoms. The number of piperidine rings is 1. The van der Waals surface area contributed by atoms with Crippen LogP contribution in [0.1, 0.15) is 40.5 Å². The van der Waals surface area contributed by atoms with E-state index in [1.54, 1.807) is 0 Å².